The van der Waals surface area contributed by atoms with Gasteiger partial charge in [-0.15, -0.1) is 0 Å². The highest BCUT2D eigenvalue weighted by atomic mass is 32.2. The molecule has 17 heavy (non-hydrogen) atoms. The van der Waals surface area contributed by atoms with Crippen LogP contribution < -0.4 is 11.1 Å². The molecule has 0 aliphatic heterocycles. The molecule has 1 aromatic heterocycles. The predicted molar refractivity (Wildman–Crippen MR) is 63.8 cm³/mol. The van der Waals surface area contributed by atoms with Gasteiger partial charge in [0, 0.05) is 12.7 Å². The summed E-state index contributed by atoms with van der Waals surface area (Å²) in [7, 11) is -0.105. The molecule has 7 heteroatoms. The lowest BCUT2D eigenvalue weighted by Crippen LogP contribution is -2.24. The van der Waals surface area contributed by atoms with Crippen molar-refractivity contribution in [2.75, 3.05) is 18.5 Å². The first kappa shape index (κ1) is 11.6. The number of carbonyl (C=O) groups excluding carboxylic acids is 1. The van der Waals surface area contributed by atoms with Gasteiger partial charge in [-0.1, -0.05) is 0 Å². The molecule has 2 aromatic rings. The molecule has 2 rings (SSSR count). The minimum absolute atomic E-state index is 0.0363. The molecule has 1 heterocycles. The highest BCUT2D eigenvalue weighted by Gasteiger charge is 2.15. The SMILES string of the molecule is CNC(=O)CS(=O)c1nc2cc(N)ccc2o1. The van der Waals surface area contributed by atoms with E-state index in [1.54, 1.807) is 18.2 Å². The molecule has 0 aliphatic carbocycles. The summed E-state index contributed by atoms with van der Waals surface area (Å²) in [5.41, 5.74) is 7.17. The second kappa shape index (κ2) is 4.54. The molecular formula is C10H11N3O3S. The predicted octanol–water partition coefficient (Wildman–Crippen LogP) is 0.264. The van der Waals surface area contributed by atoms with Gasteiger partial charge >= 0.3 is 0 Å². The summed E-state index contributed by atoms with van der Waals surface area (Å²) in [4.78, 5) is 15.1. The van der Waals surface area contributed by atoms with Crippen LogP contribution in [0.2, 0.25) is 0 Å². The molecule has 0 saturated carbocycles. The van der Waals surface area contributed by atoms with Crippen molar-refractivity contribution < 1.29 is 13.4 Å². The van der Waals surface area contributed by atoms with Gasteiger partial charge in [0.05, 0.1) is 0 Å². The van der Waals surface area contributed by atoms with E-state index in [1.807, 2.05) is 0 Å². The molecule has 0 bridgehead atoms. The number of amides is 1. The van der Waals surface area contributed by atoms with Crippen molar-refractivity contribution in [3.63, 3.8) is 0 Å². The third-order valence-corrected chi connectivity index (χ3v) is 3.22. The average molecular weight is 253 g/mol. The third kappa shape index (κ3) is 2.44. The maximum absolute atomic E-state index is 11.7. The van der Waals surface area contributed by atoms with Crippen LogP contribution in [0.1, 0.15) is 0 Å². The Bertz CT molecular complexity index is 593. The van der Waals surface area contributed by atoms with Crippen LogP contribution in [0.25, 0.3) is 11.1 Å². The van der Waals surface area contributed by atoms with E-state index < -0.39 is 10.8 Å². The monoisotopic (exact) mass is 253 g/mol. The number of hydrogen-bond acceptors (Lipinski definition) is 5. The quantitative estimate of drug-likeness (QED) is 0.765. The third-order valence-electron chi connectivity index (χ3n) is 2.13. The molecular weight excluding hydrogens is 242 g/mol. The number of fused-ring (bicyclic) bond motifs is 1. The van der Waals surface area contributed by atoms with Gasteiger partial charge in [0.1, 0.15) is 22.1 Å². The number of carbonyl (C=O) groups is 1. The van der Waals surface area contributed by atoms with Crippen molar-refractivity contribution in [2.24, 2.45) is 0 Å². The second-order valence-corrected chi connectivity index (χ2v) is 4.70. The van der Waals surface area contributed by atoms with Crippen molar-refractivity contribution in [1.82, 2.24) is 10.3 Å². The lowest BCUT2D eigenvalue weighted by Gasteiger charge is -1.95. The lowest BCUT2D eigenvalue weighted by atomic mass is 10.3. The minimum atomic E-state index is -1.58. The number of nitrogens with two attached hydrogens (primary N) is 1. The molecule has 90 valence electrons. The molecule has 0 aliphatic rings. The number of rotatable bonds is 3. The van der Waals surface area contributed by atoms with E-state index in [4.69, 9.17) is 10.2 Å². The van der Waals surface area contributed by atoms with E-state index in [1.165, 1.54) is 7.05 Å². The van der Waals surface area contributed by atoms with Gasteiger partial charge in [-0.3, -0.25) is 4.79 Å². The summed E-state index contributed by atoms with van der Waals surface area (Å²) in [6.07, 6.45) is 0. The van der Waals surface area contributed by atoms with E-state index in [9.17, 15) is 9.00 Å². The number of anilines is 1. The summed E-state index contributed by atoms with van der Waals surface area (Å²) < 4.78 is 17.0. The summed E-state index contributed by atoms with van der Waals surface area (Å²) in [6, 6.07) is 4.94. The number of nitrogens with zero attached hydrogens (tertiary/aromatic N) is 1. The first-order valence-electron chi connectivity index (χ1n) is 4.85. The Morgan fingerprint density at radius 1 is 1.59 bits per heavy atom. The van der Waals surface area contributed by atoms with Crippen molar-refractivity contribution >= 4 is 33.5 Å². The van der Waals surface area contributed by atoms with Crippen LogP contribution in [-0.2, 0) is 15.6 Å². The van der Waals surface area contributed by atoms with Crippen LogP contribution in [0.5, 0.6) is 0 Å². The van der Waals surface area contributed by atoms with Crippen LogP contribution in [0, 0.1) is 0 Å². The van der Waals surface area contributed by atoms with Crippen molar-refractivity contribution in [3.05, 3.63) is 18.2 Å². The highest BCUT2D eigenvalue weighted by Crippen LogP contribution is 2.20. The molecule has 0 radical (unpaired) electrons. The Balaban J connectivity index is 2.30. The first-order valence-corrected chi connectivity index (χ1v) is 6.17. The summed E-state index contributed by atoms with van der Waals surface area (Å²) in [6.45, 7) is 0. The van der Waals surface area contributed by atoms with Gasteiger partial charge < -0.3 is 15.5 Å². The molecule has 6 nitrogen and oxygen atoms in total. The van der Waals surface area contributed by atoms with Crippen LogP contribution in [0.15, 0.2) is 27.8 Å². The zero-order valence-corrected chi connectivity index (χ0v) is 9.91. The standard InChI is InChI=1S/C10H11N3O3S/c1-12-9(14)5-17(15)10-13-7-4-6(11)2-3-8(7)16-10/h2-4H,5,11H2,1H3,(H,12,14). The highest BCUT2D eigenvalue weighted by molar-refractivity contribution is 7.85. The van der Waals surface area contributed by atoms with E-state index in [0.717, 1.165) is 0 Å². The molecule has 0 saturated heterocycles. The van der Waals surface area contributed by atoms with Crippen LogP contribution in [0.4, 0.5) is 5.69 Å². The number of benzene rings is 1. The fourth-order valence-electron chi connectivity index (χ4n) is 1.27. The summed E-state index contributed by atoms with van der Waals surface area (Å²) in [5.74, 6) is -0.496. The molecule has 1 unspecified atom stereocenters. The number of hydrogen-bond donors (Lipinski definition) is 2. The van der Waals surface area contributed by atoms with E-state index in [-0.39, 0.29) is 16.9 Å². The Labute approximate surface area is 99.6 Å². The Hall–Kier alpha value is -1.89. The average Bonchev–Trinajstić information content (AvgIpc) is 2.71. The molecule has 1 aromatic carbocycles. The summed E-state index contributed by atoms with van der Waals surface area (Å²) in [5, 5.41) is 2.42. The van der Waals surface area contributed by atoms with Gasteiger partial charge in [-0.05, 0) is 18.2 Å². The van der Waals surface area contributed by atoms with Gasteiger partial charge in [0.15, 0.2) is 5.58 Å². The molecule has 3 N–H and O–H groups in total. The molecule has 0 spiro atoms. The number of nitrogen functional groups attached to an aromatic ring is 1. The second-order valence-electron chi connectivity index (χ2n) is 3.37. The summed E-state index contributed by atoms with van der Waals surface area (Å²) >= 11 is 0. The van der Waals surface area contributed by atoms with E-state index in [2.05, 4.69) is 10.3 Å². The molecule has 1 amide bonds. The fraction of sp³-hybridized carbons (Fsp3) is 0.200. The fourth-order valence-corrected chi connectivity index (χ4v) is 2.16. The Kier molecular flexibility index (Phi) is 3.10. The molecule has 0 fully saturated rings. The lowest BCUT2D eigenvalue weighted by molar-refractivity contribution is -0.118. The van der Waals surface area contributed by atoms with Gasteiger partial charge in [0.2, 0.25) is 5.91 Å². The maximum atomic E-state index is 11.7. The number of nitrogens with one attached hydrogen (secondary N) is 1. The normalized spacial score (nSPS) is 12.5. The first-order chi connectivity index (χ1) is 8.10. The van der Waals surface area contributed by atoms with Gasteiger partial charge in [-0.25, -0.2) is 9.19 Å². The maximum Gasteiger partial charge on any atom is 0.288 e. The zero-order chi connectivity index (χ0) is 12.4. The molecule has 1 atom stereocenters. The Morgan fingerprint density at radius 3 is 3.06 bits per heavy atom. The van der Waals surface area contributed by atoms with Crippen molar-refractivity contribution in [3.8, 4) is 0 Å². The number of oxazole rings is 1. The zero-order valence-electron chi connectivity index (χ0n) is 9.10. The van der Waals surface area contributed by atoms with Crippen LogP contribution in [-0.4, -0.2) is 27.9 Å². The van der Waals surface area contributed by atoms with Crippen LogP contribution >= 0.6 is 0 Å². The van der Waals surface area contributed by atoms with Gasteiger partial charge in [-0.2, -0.15) is 0 Å². The van der Waals surface area contributed by atoms with Crippen molar-refractivity contribution in [1.29, 1.82) is 0 Å². The topological polar surface area (TPSA) is 98.2 Å². The van der Waals surface area contributed by atoms with Crippen molar-refractivity contribution in [2.45, 2.75) is 5.22 Å². The number of aromatic nitrogens is 1. The Morgan fingerprint density at radius 2 is 2.35 bits per heavy atom. The smallest absolute Gasteiger partial charge is 0.288 e. The van der Waals surface area contributed by atoms with E-state index >= 15 is 0 Å². The van der Waals surface area contributed by atoms with Gasteiger partial charge in [0.25, 0.3) is 5.22 Å². The largest absolute Gasteiger partial charge is 0.430 e. The van der Waals surface area contributed by atoms with E-state index in [0.29, 0.717) is 16.8 Å². The van der Waals surface area contributed by atoms with Crippen LogP contribution in [0.3, 0.4) is 0 Å². The minimum Gasteiger partial charge on any atom is -0.430 e.